The van der Waals surface area contributed by atoms with Crippen molar-refractivity contribution in [3.8, 4) is 0 Å². The van der Waals surface area contributed by atoms with Gasteiger partial charge in [0, 0.05) is 11.9 Å². The molecule has 0 saturated carbocycles. The molecule has 7 heteroatoms. The number of hydrogen-bond donors (Lipinski definition) is 3. The van der Waals surface area contributed by atoms with Crippen molar-refractivity contribution in [3.63, 3.8) is 0 Å². The summed E-state index contributed by atoms with van der Waals surface area (Å²) in [5.41, 5.74) is -4.10. The molecule has 2 radical (unpaired) electrons. The van der Waals surface area contributed by atoms with Crippen molar-refractivity contribution in [3.05, 3.63) is 11.2 Å². The zero-order valence-corrected chi connectivity index (χ0v) is 13.6. The number of allylic oxidation sites excluding steroid dienone is 1. The van der Waals surface area contributed by atoms with Gasteiger partial charge < -0.3 is 24.6 Å². The fourth-order valence-corrected chi connectivity index (χ4v) is 2.88. The summed E-state index contributed by atoms with van der Waals surface area (Å²) < 4.78 is 11.7. The minimum absolute atomic E-state index is 0.00738. The summed E-state index contributed by atoms with van der Waals surface area (Å²) in [5, 5.41) is 31.2. The first-order valence-corrected chi connectivity index (χ1v) is 7.20. The molecule has 2 atom stereocenters. The molecule has 3 N–H and O–H groups in total. The Kier molecular flexibility index (Phi) is 3.62. The van der Waals surface area contributed by atoms with Gasteiger partial charge in [0.25, 0.3) is 0 Å². The van der Waals surface area contributed by atoms with Crippen LogP contribution >= 0.6 is 0 Å². The molecule has 0 bridgehead atoms. The van der Waals surface area contributed by atoms with Crippen LogP contribution in [0.25, 0.3) is 0 Å². The summed E-state index contributed by atoms with van der Waals surface area (Å²) in [4.78, 5) is 0. The Balaban J connectivity index is 2.45. The van der Waals surface area contributed by atoms with E-state index in [0.717, 1.165) is 0 Å². The van der Waals surface area contributed by atoms with Gasteiger partial charge in [-0.2, -0.15) is 0 Å². The monoisotopic (exact) mass is 294 g/mol. The minimum atomic E-state index is -2.10. The Bertz CT molecular complexity index is 466. The lowest BCUT2D eigenvalue weighted by atomic mass is 9.50. The van der Waals surface area contributed by atoms with Crippen LogP contribution in [0.5, 0.6) is 0 Å². The molecule has 1 aliphatic heterocycles. The van der Waals surface area contributed by atoms with Crippen molar-refractivity contribution in [1.82, 2.24) is 0 Å². The third kappa shape index (κ3) is 2.44. The normalized spacial score (nSPS) is 37.9. The molecule has 1 saturated heterocycles. The smallest absolute Gasteiger partial charge is 0.496 e. The van der Waals surface area contributed by atoms with Gasteiger partial charge in [0.2, 0.25) is 0 Å². The van der Waals surface area contributed by atoms with Crippen LogP contribution in [0.2, 0.25) is 0 Å². The van der Waals surface area contributed by atoms with Gasteiger partial charge in [0.05, 0.1) is 28.6 Å². The molecule has 0 aromatic rings. The average Bonchev–Trinajstić information content (AvgIpc) is 2.43. The fraction of sp³-hybridized carbons (Fsp3) is 0.857. The van der Waals surface area contributed by atoms with Gasteiger partial charge in [-0.15, -0.1) is 0 Å². The van der Waals surface area contributed by atoms with Crippen LogP contribution in [-0.2, 0) is 9.31 Å². The maximum atomic E-state index is 10.6. The molecule has 0 spiro atoms. The van der Waals surface area contributed by atoms with E-state index in [-0.39, 0.29) is 17.7 Å². The van der Waals surface area contributed by atoms with E-state index in [1.54, 1.807) is 13.8 Å². The molecule has 1 heterocycles. The van der Waals surface area contributed by atoms with Crippen LogP contribution in [0.3, 0.4) is 0 Å². The van der Waals surface area contributed by atoms with Gasteiger partial charge in [-0.1, -0.05) is 13.8 Å². The van der Waals surface area contributed by atoms with Crippen LogP contribution in [0.1, 0.15) is 48.0 Å². The highest BCUT2D eigenvalue weighted by Gasteiger charge is 2.60. The van der Waals surface area contributed by atoms with Crippen LogP contribution in [0, 0.1) is 5.41 Å². The van der Waals surface area contributed by atoms with E-state index >= 15 is 0 Å². The number of aliphatic hydroxyl groups excluding tert-OH is 2. The summed E-state index contributed by atoms with van der Waals surface area (Å²) in [6.07, 6.45) is -1.05. The summed E-state index contributed by atoms with van der Waals surface area (Å²) in [6, 6.07) is 0. The standard InChI is InChI=1S/C14H24B2O5/c1-11(2)7-8(17)9(14(15,19)10(11)18)16-20-12(3,4)13(5,6)21-16/h10,17-19H,7H2,1-6H3. The summed E-state index contributed by atoms with van der Waals surface area (Å²) in [5.74, 6) is -0.0891. The zero-order valence-electron chi connectivity index (χ0n) is 13.6. The van der Waals surface area contributed by atoms with Crippen molar-refractivity contribution in [1.29, 1.82) is 0 Å². The highest BCUT2D eigenvalue weighted by Crippen LogP contribution is 2.47. The summed E-state index contributed by atoms with van der Waals surface area (Å²) in [6.45, 7) is 10.9. The van der Waals surface area contributed by atoms with Gasteiger partial charge in [0.15, 0.2) is 0 Å². The zero-order chi connectivity index (χ0) is 16.4. The molecule has 21 heavy (non-hydrogen) atoms. The molecule has 0 amide bonds. The SMILES string of the molecule is [B]C1(O)C(B2OC(C)(C)C(C)(C)O2)=C(O)CC(C)(C)C1O. The molecule has 1 fully saturated rings. The molecule has 0 aromatic carbocycles. The van der Waals surface area contributed by atoms with Gasteiger partial charge in [-0.3, -0.25) is 0 Å². The highest BCUT2D eigenvalue weighted by molar-refractivity contribution is 6.57. The van der Waals surface area contributed by atoms with Crippen molar-refractivity contribution in [2.24, 2.45) is 5.41 Å². The Labute approximate surface area is 127 Å². The first-order chi connectivity index (χ1) is 9.22. The third-order valence-electron chi connectivity index (χ3n) is 5.01. The Morgan fingerprint density at radius 1 is 1.10 bits per heavy atom. The van der Waals surface area contributed by atoms with Crippen molar-refractivity contribution >= 4 is 15.0 Å². The molecule has 0 aromatic heterocycles. The number of hydrogen-bond acceptors (Lipinski definition) is 5. The van der Waals surface area contributed by atoms with Gasteiger partial charge >= 0.3 is 7.12 Å². The third-order valence-corrected chi connectivity index (χ3v) is 5.01. The predicted octanol–water partition coefficient (Wildman–Crippen LogP) is 1.08. The van der Waals surface area contributed by atoms with E-state index in [4.69, 9.17) is 17.2 Å². The van der Waals surface area contributed by atoms with Crippen LogP contribution in [0.4, 0.5) is 0 Å². The lowest BCUT2D eigenvalue weighted by Gasteiger charge is -2.46. The quantitative estimate of drug-likeness (QED) is 0.631. The van der Waals surface area contributed by atoms with E-state index < -0.39 is 35.3 Å². The highest BCUT2D eigenvalue weighted by atomic mass is 16.7. The lowest BCUT2D eigenvalue weighted by Crippen LogP contribution is -2.59. The Morgan fingerprint density at radius 2 is 1.52 bits per heavy atom. The van der Waals surface area contributed by atoms with Crippen molar-refractivity contribution in [2.45, 2.75) is 70.8 Å². The van der Waals surface area contributed by atoms with E-state index in [1.165, 1.54) is 0 Å². The largest absolute Gasteiger partial charge is 0.513 e. The lowest BCUT2D eigenvalue weighted by molar-refractivity contribution is -0.0724. The second kappa shape index (κ2) is 4.51. The topological polar surface area (TPSA) is 79.2 Å². The molecular weight excluding hydrogens is 270 g/mol. The molecule has 5 nitrogen and oxygen atoms in total. The van der Waals surface area contributed by atoms with E-state index in [9.17, 15) is 15.3 Å². The number of rotatable bonds is 1. The second-order valence-corrected chi connectivity index (χ2v) is 7.84. The average molecular weight is 294 g/mol. The molecule has 1 aliphatic carbocycles. The van der Waals surface area contributed by atoms with Gasteiger partial charge in [-0.25, -0.2) is 0 Å². The minimum Gasteiger partial charge on any atom is -0.513 e. The second-order valence-electron chi connectivity index (χ2n) is 7.84. The van der Waals surface area contributed by atoms with Crippen molar-refractivity contribution < 1.29 is 24.6 Å². The summed E-state index contributed by atoms with van der Waals surface area (Å²) >= 11 is 0. The van der Waals surface area contributed by atoms with Crippen LogP contribution < -0.4 is 0 Å². The Morgan fingerprint density at radius 3 is 1.95 bits per heavy atom. The van der Waals surface area contributed by atoms with Crippen LogP contribution in [-0.4, -0.2) is 53.1 Å². The van der Waals surface area contributed by atoms with E-state index in [0.29, 0.717) is 0 Å². The molecule has 2 unspecified atom stereocenters. The first kappa shape index (κ1) is 16.9. The maximum Gasteiger partial charge on any atom is 0.496 e. The molecule has 2 aliphatic rings. The van der Waals surface area contributed by atoms with Gasteiger partial charge in [0.1, 0.15) is 7.85 Å². The van der Waals surface area contributed by atoms with E-state index in [1.807, 2.05) is 27.7 Å². The molecule has 116 valence electrons. The summed E-state index contributed by atoms with van der Waals surface area (Å²) in [7, 11) is 4.93. The van der Waals surface area contributed by atoms with Gasteiger partial charge in [-0.05, 0) is 33.1 Å². The first-order valence-electron chi connectivity index (χ1n) is 7.20. The maximum absolute atomic E-state index is 10.6. The van der Waals surface area contributed by atoms with E-state index in [2.05, 4.69) is 0 Å². The molecular formula is C14H24B2O5. The number of aliphatic hydroxyl groups is 3. The van der Waals surface area contributed by atoms with Crippen molar-refractivity contribution in [2.75, 3.05) is 0 Å². The predicted molar refractivity (Wildman–Crippen MR) is 80.8 cm³/mol. The van der Waals surface area contributed by atoms with Crippen LogP contribution in [0.15, 0.2) is 11.2 Å². The fourth-order valence-electron chi connectivity index (χ4n) is 2.88. The molecule has 2 rings (SSSR count). The Hall–Kier alpha value is -0.490.